The molecule has 1 heteroatoms. The maximum atomic E-state index is 6.62. The van der Waals surface area contributed by atoms with E-state index in [0.717, 1.165) is 11.2 Å². The minimum atomic E-state index is -0.544. The second kappa shape index (κ2) is 11.9. The van der Waals surface area contributed by atoms with Crippen LogP contribution < -0.4 is 0 Å². The van der Waals surface area contributed by atoms with E-state index < -0.39 is 5.41 Å². The van der Waals surface area contributed by atoms with Gasteiger partial charge in [-0.25, -0.2) is 0 Å². The zero-order valence-electron chi connectivity index (χ0n) is 30.5. The van der Waals surface area contributed by atoms with Crippen molar-refractivity contribution in [2.45, 2.75) is 5.41 Å². The van der Waals surface area contributed by atoms with Gasteiger partial charge >= 0.3 is 0 Å². The highest BCUT2D eigenvalue weighted by Crippen LogP contribution is 2.60. The molecule has 0 N–H and O–H groups in total. The van der Waals surface area contributed by atoms with Crippen molar-refractivity contribution in [3.8, 4) is 33.4 Å². The molecule has 0 bridgehead atoms. The molecule has 260 valence electrons. The topological polar surface area (TPSA) is 13.1 Å². The molecule has 0 radical (unpaired) electrons. The summed E-state index contributed by atoms with van der Waals surface area (Å²) in [6.07, 6.45) is 0. The van der Waals surface area contributed by atoms with E-state index >= 15 is 0 Å². The Bertz CT molecular complexity index is 3240. The van der Waals surface area contributed by atoms with Crippen molar-refractivity contribution in [2.75, 3.05) is 0 Å². The Morgan fingerprint density at radius 3 is 1.38 bits per heavy atom. The molecule has 12 rings (SSSR count). The van der Waals surface area contributed by atoms with Crippen LogP contribution in [0.2, 0.25) is 0 Å². The third-order valence-electron chi connectivity index (χ3n) is 12.3. The number of fused-ring (bicyclic) bond motifs is 3. The summed E-state index contributed by atoms with van der Waals surface area (Å²) in [5, 5.41) is 9.92. The highest BCUT2D eigenvalue weighted by molar-refractivity contribution is 6.25. The fourth-order valence-corrected chi connectivity index (χ4v) is 10.2. The minimum absolute atomic E-state index is 0.544. The highest BCUT2D eigenvalue weighted by Gasteiger charge is 2.47. The highest BCUT2D eigenvalue weighted by atomic mass is 16.3. The summed E-state index contributed by atoms with van der Waals surface area (Å²) >= 11 is 0. The second-order valence-corrected chi connectivity index (χ2v) is 15.0. The molecule has 1 aliphatic carbocycles. The van der Waals surface area contributed by atoms with Crippen molar-refractivity contribution in [2.24, 2.45) is 0 Å². The number of hydrogen-bond acceptors (Lipinski definition) is 1. The SMILES string of the molecule is c1ccc(-c2c3ccccc3c(-c3ccc(-c4ccc5oc6cccc7c6c5c4C7(c4ccccc4)c4ccccc4)c4ccccc34)c3ccccc23)cc1. The van der Waals surface area contributed by atoms with Crippen LogP contribution in [0.1, 0.15) is 22.3 Å². The quantitative estimate of drug-likeness (QED) is 0.162. The van der Waals surface area contributed by atoms with E-state index in [-0.39, 0.29) is 0 Å². The summed E-state index contributed by atoms with van der Waals surface area (Å²) in [5.74, 6) is 0. The van der Waals surface area contributed by atoms with Gasteiger partial charge in [0.1, 0.15) is 11.2 Å². The zero-order chi connectivity index (χ0) is 36.8. The van der Waals surface area contributed by atoms with Crippen LogP contribution in [0.5, 0.6) is 0 Å². The van der Waals surface area contributed by atoms with E-state index in [0.29, 0.717) is 0 Å². The molecular formula is C55H34O. The first kappa shape index (κ1) is 31.2. The van der Waals surface area contributed by atoms with Gasteiger partial charge in [0.05, 0.1) is 5.41 Å². The van der Waals surface area contributed by atoms with Crippen molar-refractivity contribution < 1.29 is 4.42 Å². The fraction of sp³-hybridized carbons (Fsp3) is 0.0182. The molecule has 56 heavy (non-hydrogen) atoms. The zero-order valence-corrected chi connectivity index (χ0v) is 30.5. The molecule has 1 nitrogen and oxygen atoms in total. The van der Waals surface area contributed by atoms with Crippen LogP contribution in [0.25, 0.3) is 87.6 Å². The van der Waals surface area contributed by atoms with Gasteiger partial charge in [0.25, 0.3) is 0 Å². The summed E-state index contributed by atoms with van der Waals surface area (Å²) in [5.41, 5.74) is 13.8. The van der Waals surface area contributed by atoms with Gasteiger partial charge in [-0.15, -0.1) is 0 Å². The van der Waals surface area contributed by atoms with Gasteiger partial charge in [-0.3, -0.25) is 0 Å². The molecule has 0 atom stereocenters. The van der Waals surface area contributed by atoms with Crippen LogP contribution in [0.15, 0.2) is 211 Å². The van der Waals surface area contributed by atoms with Crippen LogP contribution in [0.4, 0.5) is 0 Å². The van der Waals surface area contributed by atoms with Gasteiger partial charge in [0.15, 0.2) is 0 Å². The van der Waals surface area contributed by atoms with Crippen molar-refractivity contribution in [3.63, 3.8) is 0 Å². The van der Waals surface area contributed by atoms with Gasteiger partial charge < -0.3 is 4.42 Å². The largest absolute Gasteiger partial charge is 0.456 e. The van der Waals surface area contributed by atoms with Crippen LogP contribution >= 0.6 is 0 Å². The van der Waals surface area contributed by atoms with Gasteiger partial charge in [0, 0.05) is 10.8 Å². The van der Waals surface area contributed by atoms with E-state index in [1.54, 1.807) is 0 Å². The lowest BCUT2D eigenvalue weighted by Crippen LogP contribution is -2.29. The standard InChI is InChI=1S/C55H34O/c1-4-17-35(18-5-1)50-41-25-12-14-27-43(41)51(44-28-15-13-26-42(44)50)45-32-31-40(38-23-10-11-24-39(38)45)46-33-34-49-53-52-47(29-16-30-48(52)56-49)55(54(46)53,36-19-6-2-7-20-36)37-21-8-3-9-22-37/h1-34H. The third-order valence-corrected chi connectivity index (χ3v) is 12.3. The van der Waals surface area contributed by atoms with Gasteiger partial charge in [-0.1, -0.05) is 194 Å². The lowest BCUT2D eigenvalue weighted by Gasteiger charge is -2.36. The summed E-state index contributed by atoms with van der Waals surface area (Å²) in [6, 6.07) is 75.7. The van der Waals surface area contributed by atoms with Gasteiger partial charge in [-0.05, 0) is 100 Å². The maximum Gasteiger partial charge on any atom is 0.135 e. The molecule has 0 saturated heterocycles. The molecule has 0 fully saturated rings. The first-order valence-electron chi connectivity index (χ1n) is 19.4. The second-order valence-electron chi connectivity index (χ2n) is 15.0. The molecular weight excluding hydrogens is 677 g/mol. The van der Waals surface area contributed by atoms with E-state index in [9.17, 15) is 0 Å². The Morgan fingerprint density at radius 1 is 0.304 bits per heavy atom. The van der Waals surface area contributed by atoms with Crippen molar-refractivity contribution in [1.82, 2.24) is 0 Å². The van der Waals surface area contributed by atoms with E-state index in [1.165, 1.54) is 98.7 Å². The molecule has 0 saturated carbocycles. The predicted octanol–water partition coefficient (Wildman–Crippen LogP) is 14.7. The average Bonchev–Trinajstić information content (AvgIpc) is 3.82. The predicted molar refractivity (Wildman–Crippen MR) is 234 cm³/mol. The third kappa shape index (κ3) is 4.15. The summed E-state index contributed by atoms with van der Waals surface area (Å²) < 4.78 is 6.62. The number of benzene rings is 10. The molecule has 10 aromatic carbocycles. The van der Waals surface area contributed by atoms with E-state index in [1.807, 2.05) is 0 Å². The smallest absolute Gasteiger partial charge is 0.135 e. The first-order chi connectivity index (χ1) is 27.8. The van der Waals surface area contributed by atoms with Crippen LogP contribution in [-0.2, 0) is 5.41 Å². The van der Waals surface area contributed by atoms with Crippen molar-refractivity contribution >= 4 is 54.3 Å². The summed E-state index contributed by atoms with van der Waals surface area (Å²) in [7, 11) is 0. The molecule has 1 heterocycles. The fourth-order valence-electron chi connectivity index (χ4n) is 10.2. The molecule has 11 aromatic rings. The summed E-state index contributed by atoms with van der Waals surface area (Å²) in [6.45, 7) is 0. The molecule has 0 spiro atoms. The normalized spacial score (nSPS) is 13.1. The van der Waals surface area contributed by atoms with Crippen LogP contribution in [-0.4, -0.2) is 0 Å². The Labute approximate surface area is 324 Å². The molecule has 1 aromatic heterocycles. The summed E-state index contributed by atoms with van der Waals surface area (Å²) in [4.78, 5) is 0. The lowest BCUT2D eigenvalue weighted by molar-refractivity contribution is 0.664. The van der Waals surface area contributed by atoms with E-state index in [2.05, 4.69) is 206 Å². The average molecular weight is 711 g/mol. The number of hydrogen-bond donors (Lipinski definition) is 0. The Kier molecular flexibility index (Phi) is 6.62. The Morgan fingerprint density at radius 2 is 0.768 bits per heavy atom. The maximum absolute atomic E-state index is 6.62. The molecule has 0 aliphatic heterocycles. The minimum Gasteiger partial charge on any atom is -0.456 e. The van der Waals surface area contributed by atoms with Crippen LogP contribution in [0.3, 0.4) is 0 Å². The van der Waals surface area contributed by atoms with Gasteiger partial charge in [0.2, 0.25) is 0 Å². The number of furan rings is 1. The van der Waals surface area contributed by atoms with E-state index in [4.69, 9.17) is 4.42 Å². The molecule has 1 aliphatic rings. The molecule has 0 amide bonds. The molecule has 0 unspecified atom stereocenters. The lowest BCUT2D eigenvalue weighted by atomic mass is 9.65. The van der Waals surface area contributed by atoms with Crippen molar-refractivity contribution in [3.05, 3.63) is 229 Å². The van der Waals surface area contributed by atoms with Crippen LogP contribution in [0, 0.1) is 0 Å². The number of rotatable bonds is 5. The Hall–Kier alpha value is -7.22. The van der Waals surface area contributed by atoms with Crippen molar-refractivity contribution in [1.29, 1.82) is 0 Å². The van der Waals surface area contributed by atoms with Gasteiger partial charge in [-0.2, -0.15) is 0 Å². The Balaban J connectivity index is 1.19. The first-order valence-corrected chi connectivity index (χ1v) is 19.4. The monoisotopic (exact) mass is 710 g/mol.